The van der Waals surface area contributed by atoms with E-state index in [9.17, 15) is 9.59 Å². The summed E-state index contributed by atoms with van der Waals surface area (Å²) in [6, 6.07) is 17.1. The van der Waals surface area contributed by atoms with Gasteiger partial charge in [-0.15, -0.1) is 0 Å². The molecular formula is C43H68N2O2. The Labute approximate surface area is 290 Å². The average molecular weight is 645 g/mol. The minimum atomic E-state index is -1.01. The molecule has 0 spiro atoms. The van der Waals surface area contributed by atoms with Crippen molar-refractivity contribution in [2.24, 2.45) is 15.4 Å². The smallest absolute Gasteiger partial charge is 0.143 e. The fourth-order valence-electron chi connectivity index (χ4n) is 4.69. The van der Waals surface area contributed by atoms with Crippen molar-refractivity contribution in [3.8, 4) is 0 Å². The molecule has 4 heteroatoms. The summed E-state index contributed by atoms with van der Waals surface area (Å²) in [5.74, 6) is -0.189. The number of hydrogen-bond donors (Lipinski definition) is 0. The van der Waals surface area contributed by atoms with Gasteiger partial charge in [0.25, 0.3) is 0 Å². The highest BCUT2D eigenvalue weighted by molar-refractivity contribution is 6.06. The number of aryl methyl sites for hydroxylation is 3. The van der Waals surface area contributed by atoms with E-state index < -0.39 is 5.41 Å². The van der Waals surface area contributed by atoms with E-state index in [4.69, 9.17) is 0 Å². The zero-order valence-electron chi connectivity index (χ0n) is 33.0. The minimum Gasteiger partial charge on any atom is -0.299 e. The zero-order valence-corrected chi connectivity index (χ0v) is 33.0. The molecule has 0 heterocycles. The first-order valence-corrected chi connectivity index (χ1v) is 17.3. The van der Waals surface area contributed by atoms with Gasteiger partial charge in [0.05, 0.1) is 5.41 Å². The number of carbonyl (C=O) groups is 2. The molecule has 0 saturated carbocycles. The standard InChI is InChI=1S/C19H30N2O2.C12H16.C8H10.2C2H6/c1-13(9-15(3)20-7)11-19(17(5)22,18(6)23)12-14(2)10-16(4)21-8;1-4-6-12-9-11(5-2)8-7-10(12)3;1-2-8-6-4-3-5-7-8;2*1-2/h9-10H,11-12H2,1-8H3;4,6-9H,5H2,1-3H3;3-7H,2H2,1H3;2*1-2H3/b13-9+,14-10+,20-15?,21-16?;6-4-;;;. The van der Waals surface area contributed by atoms with Gasteiger partial charge in [0.2, 0.25) is 0 Å². The van der Waals surface area contributed by atoms with Crippen LogP contribution in [0.5, 0.6) is 0 Å². The van der Waals surface area contributed by atoms with Crippen molar-refractivity contribution in [2.45, 2.75) is 123 Å². The summed E-state index contributed by atoms with van der Waals surface area (Å²) in [6.07, 6.45) is 11.2. The van der Waals surface area contributed by atoms with Crippen LogP contribution >= 0.6 is 0 Å². The Morgan fingerprint density at radius 1 is 0.681 bits per heavy atom. The van der Waals surface area contributed by atoms with E-state index in [-0.39, 0.29) is 11.6 Å². The Hall–Kier alpha value is -3.66. The largest absolute Gasteiger partial charge is 0.299 e. The predicted octanol–water partition coefficient (Wildman–Crippen LogP) is 11.9. The van der Waals surface area contributed by atoms with Gasteiger partial charge in [-0.3, -0.25) is 19.6 Å². The highest BCUT2D eigenvalue weighted by Crippen LogP contribution is 2.36. The molecule has 0 aliphatic rings. The van der Waals surface area contributed by atoms with Crippen molar-refractivity contribution in [2.75, 3.05) is 14.1 Å². The quantitative estimate of drug-likeness (QED) is 0.180. The second-order valence-corrected chi connectivity index (χ2v) is 11.1. The summed E-state index contributed by atoms with van der Waals surface area (Å²) >= 11 is 0. The Morgan fingerprint density at radius 2 is 1.11 bits per heavy atom. The third-order valence-electron chi connectivity index (χ3n) is 7.47. The molecule has 2 rings (SSSR count). The number of rotatable bonds is 11. The molecule has 0 radical (unpaired) electrons. The number of nitrogens with zero attached hydrogens (tertiary/aromatic N) is 2. The zero-order chi connectivity index (χ0) is 37.0. The molecule has 2 aromatic carbocycles. The highest BCUT2D eigenvalue weighted by Gasteiger charge is 2.40. The van der Waals surface area contributed by atoms with Crippen molar-refractivity contribution in [1.29, 1.82) is 0 Å². The van der Waals surface area contributed by atoms with Gasteiger partial charge >= 0.3 is 0 Å². The fraction of sp³-hybridized carbons (Fsp3) is 0.488. The van der Waals surface area contributed by atoms with Crippen LogP contribution in [0.15, 0.2) is 87.9 Å². The van der Waals surface area contributed by atoms with Crippen molar-refractivity contribution in [1.82, 2.24) is 0 Å². The van der Waals surface area contributed by atoms with E-state index in [1.54, 1.807) is 14.1 Å². The first-order chi connectivity index (χ1) is 22.3. The average Bonchev–Trinajstić information content (AvgIpc) is 3.07. The molecule has 0 fully saturated rings. The van der Waals surface area contributed by atoms with E-state index in [0.717, 1.165) is 35.4 Å². The topological polar surface area (TPSA) is 58.9 Å². The second-order valence-electron chi connectivity index (χ2n) is 11.1. The minimum absolute atomic E-state index is 0.0947. The number of carbonyl (C=O) groups excluding carboxylic acids is 2. The summed E-state index contributed by atoms with van der Waals surface area (Å²) in [5.41, 5.74) is 8.22. The van der Waals surface area contributed by atoms with Crippen LogP contribution in [0, 0.1) is 12.3 Å². The molecule has 262 valence electrons. The Balaban J connectivity index is -0.000000664. The SMILES string of the molecule is C/C=C\c1cc(CC)ccc1C.CC.CC.CCc1ccccc1.CN=C(C)/C=C(\C)CC(C/C(C)=C/C(C)=NC)(C(C)=O)C(C)=O. The maximum Gasteiger partial charge on any atom is 0.143 e. The van der Waals surface area contributed by atoms with E-state index in [1.165, 1.54) is 36.1 Å². The van der Waals surface area contributed by atoms with Crippen LogP contribution in [-0.2, 0) is 22.4 Å². The van der Waals surface area contributed by atoms with Crippen LogP contribution < -0.4 is 0 Å². The highest BCUT2D eigenvalue weighted by atomic mass is 16.2. The van der Waals surface area contributed by atoms with E-state index in [0.29, 0.717) is 12.8 Å². The van der Waals surface area contributed by atoms with E-state index in [1.807, 2.05) is 73.6 Å². The van der Waals surface area contributed by atoms with Crippen molar-refractivity contribution in [3.63, 3.8) is 0 Å². The third kappa shape index (κ3) is 20.2. The van der Waals surface area contributed by atoms with Gasteiger partial charge in [-0.1, -0.05) is 113 Å². The number of Topliss-reactive ketones (excluding diaryl/α,β-unsaturated/α-hetero) is 2. The van der Waals surface area contributed by atoms with Crippen LogP contribution in [0.1, 0.15) is 125 Å². The van der Waals surface area contributed by atoms with Gasteiger partial charge in [-0.25, -0.2) is 0 Å². The molecule has 0 amide bonds. The van der Waals surface area contributed by atoms with Crippen LogP contribution in [-0.4, -0.2) is 37.1 Å². The van der Waals surface area contributed by atoms with Crippen LogP contribution in [0.25, 0.3) is 6.08 Å². The molecule has 0 aliphatic carbocycles. The molecule has 0 saturated heterocycles. The van der Waals surface area contributed by atoms with Gasteiger partial charge in [0.1, 0.15) is 11.6 Å². The maximum atomic E-state index is 12.4. The molecule has 0 N–H and O–H groups in total. The lowest BCUT2D eigenvalue weighted by Gasteiger charge is -2.29. The number of hydrogen-bond acceptors (Lipinski definition) is 4. The van der Waals surface area contributed by atoms with E-state index in [2.05, 4.69) is 92.3 Å². The molecule has 4 nitrogen and oxygen atoms in total. The third-order valence-corrected chi connectivity index (χ3v) is 7.47. The fourth-order valence-corrected chi connectivity index (χ4v) is 4.69. The Kier molecular flexibility index (Phi) is 29.0. The lowest BCUT2D eigenvalue weighted by Crippen LogP contribution is -2.37. The summed E-state index contributed by atoms with van der Waals surface area (Å²) < 4.78 is 0. The lowest BCUT2D eigenvalue weighted by atomic mass is 9.71. The van der Waals surface area contributed by atoms with Gasteiger partial charge < -0.3 is 0 Å². The lowest BCUT2D eigenvalue weighted by molar-refractivity contribution is -0.138. The molecule has 0 aliphatic heterocycles. The van der Waals surface area contributed by atoms with Crippen LogP contribution in [0.4, 0.5) is 0 Å². The van der Waals surface area contributed by atoms with E-state index >= 15 is 0 Å². The molecule has 0 unspecified atom stereocenters. The first-order valence-electron chi connectivity index (χ1n) is 17.3. The van der Waals surface area contributed by atoms with Crippen molar-refractivity contribution < 1.29 is 9.59 Å². The molecular weight excluding hydrogens is 576 g/mol. The van der Waals surface area contributed by atoms with Gasteiger partial charge in [-0.2, -0.15) is 0 Å². The predicted molar refractivity (Wildman–Crippen MR) is 212 cm³/mol. The van der Waals surface area contributed by atoms with Crippen LogP contribution in [0.2, 0.25) is 0 Å². The normalized spacial score (nSPS) is 11.9. The molecule has 2 aromatic rings. The summed E-state index contributed by atoms with van der Waals surface area (Å²) in [7, 11) is 3.45. The van der Waals surface area contributed by atoms with Crippen molar-refractivity contribution >= 4 is 29.1 Å². The van der Waals surface area contributed by atoms with Gasteiger partial charge in [0.15, 0.2) is 0 Å². The maximum absolute atomic E-state index is 12.4. The number of allylic oxidation sites excluding steroid dienone is 5. The van der Waals surface area contributed by atoms with Gasteiger partial charge in [0, 0.05) is 25.5 Å². The van der Waals surface area contributed by atoms with Gasteiger partial charge in [-0.05, 0) is 115 Å². The Bertz CT molecular complexity index is 1260. The monoisotopic (exact) mass is 645 g/mol. The summed E-state index contributed by atoms with van der Waals surface area (Å²) in [4.78, 5) is 32.9. The van der Waals surface area contributed by atoms with Crippen molar-refractivity contribution in [3.05, 3.63) is 100 Å². The first kappa shape index (κ1) is 47.7. The molecule has 0 aromatic heterocycles. The molecule has 47 heavy (non-hydrogen) atoms. The van der Waals surface area contributed by atoms with Crippen LogP contribution in [0.3, 0.4) is 0 Å². The number of aliphatic imine (C=N–C) groups is 2. The number of benzene rings is 2. The molecule has 0 bridgehead atoms. The Morgan fingerprint density at radius 3 is 1.43 bits per heavy atom. The second kappa shape index (κ2) is 28.6. The molecule has 0 atom stereocenters. The summed E-state index contributed by atoms with van der Waals surface area (Å²) in [5, 5.41) is 0. The number of ketones is 2. The summed E-state index contributed by atoms with van der Waals surface area (Å²) in [6.45, 7) is 27.2.